The van der Waals surface area contributed by atoms with E-state index in [1.165, 1.54) is 0 Å². The van der Waals surface area contributed by atoms with Gasteiger partial charge in [0.25, 0.3) is 0 Å². The second kappa shape index (κ2) is 5.33. The summed E-state index contributed by atoms with van der Waals surface area (Å²) in [6.45, 7) is 8.47. The lowest BCUT2D eigenvalue weighted by Crippen LogP contribution is -2.49. The first-order valence-corrected chi connectivity index (χ1v) is 6.90. The zero-order valence-electron chi connectivity index (χ0n) is 12.1. The minimum atomic E-state index is -0.206. The first-order valence-electron chi connectivity index (χ1n) is 6.90. The van der Waals surface area contributed by atoms with Crippen LogP contribution >= 0.6 is 0 Å². The van der Waals surface area contributed by atoms with Crippen LogP contribution in [0.4, 0.5) is 0 Å². The van der Waals surface area contributed by atoms with Crippen LogP contribution in [-0.4, -0.2) is 34.6 Å². The van der Waals surface area contributed by atoms with Gasteiger partial charge in [0.15, 0.2) is 0 Å². The van der Waals surface area contributed by atoms with E-state index in [4.69, 9.17) is 10.3 Å². The van der Waals surface area contributed by atoms with Crippen LogP contribution in [0.15, 0.2) is 4.52 Å². The molecule has 1 aromatic rings. The normalized spacial score (nSPS) is 25.4. The number of likely N-dealkylation sites (tertiary alicyclic amines) is 1. The number of aromatic nitrogens is 1. The van der Waals surface area contributed by atoms with E-state index in [1.807, 2.05) is 25.7 Å². The highest BCUT2D eigenvalue weighted by Crippen LogP contribution is 2.27. The predicted molar refractivity (Wildman–Crippen MR) is 72.8 cm³/mol. The minimum absolute atomic E-state index is 0.147. The molecule has 1 aliphatic heterocycles. The fraction of sp³-hybridized carbons (Fsp3) is 0.714. The number of hydrogen-bond donors (Lipinski definition) is 1. The summed E-state index contributed by atoms with van der Waals surface area (Å²) in [6.07, 6.45) is 1.75. The predicted octanol–water partition coefficient (Wildman–Crippen LogP) is 1.73. The topological polar surface area (TPSA) is 72.4 Å². The maximum atomic E-state index is 12.6. The highest BCUT2D eigenvalue weighted by atomic mass is 16.5. The van der Waals surface area contributed by atoms with Crippen molar-refractivity contribution in [3.63, 3.8) is 0 Å². The van der Waals surface area contributed by atoms with Crippen LogP contribution in [-0.2, 0) is 4.79 Å². The summed E-state index contributed by atoms with van der Waals surface area (Å²) in [7, 11) is 0. The van der Waals surface area contributed by atoms with Crippen LogP contribution < -0.4 is 5.73 Å². The van der Waals surface area contributed by atoms with E-state index in [2.05, 4.69) is 12.1 Å². The summed E-state index contributed by atoms with van der Waals surface area (Å²) in [5, 5.41) is 3.93. The lowest BCUT2D eigenvalue weighted by Gasteiger charge is -2.37. The molecular weight excluding hydrogens is 242 g/mol. The van der Waals surface area contributed by atoms with Gasteiger partial charge in [-0.2, -0.15) is 0 Å². The van der Waals surface area contributed by atoms with Crippen molar-refractivity contribution in [2.24, 2.45) is 5.73 Å². The van der Waals surface area contributed by atoms with Gasteiger partial charge in [0.05, 0.1) is 11.6 Å². The third-order valence-electron chi connectivity index (χ3n) is 4.09. The molecule has 19 heavy (non-hydrogen) atoms. The molecule has 1 amide bonds. The van der Waals surface area contributed by atoms with Crippen molar-refractivity contribution < 1.29 is 9.32 Å². The van der Waals surface area contributed by atoms with Gasteiger partial charge in [-0.3, -0.25) is 4.79 Å². The summed E-state index contributed by atoms with van der Waals surface area (Å²) in [5.74, 6) is 0.677. The first kappa shape index (κ1) is 14.1. The number of hydrogen-bond acceptors (Lipinski definition) is 4. The van der Waals surface area contributed by atoms with Gasteiger partial charge in [0.1, 0.15) is 5.76 Å². The molecule has 5 nitrogen and oxygen atoms in total. The van der Waals surface area contributed by atoms with E-state index in [0.29, 0.717) is 0 Å². The summed E-state index contributed by atoms with van der Waals surface area (Å²) in [6, 6.07) is 0.424. The lowest BCUT2D eigenvalue weighted by molar-refractivity contribution is -0.135. The third kappa shape index (κ3) is 2.66. The fourth-order valence-corrected chi connectivity index (χ4v) is 3.02. The molecule has 0 aromatic carbocycles. The molecule has 106 valence electrons. The SMILES string of the molecule is Cc1noc(C)c1C(C)C(=O)N1CCC(N)CC1C. The van der Waals surface area contributed by atoms with Crippen molar-refractivity contribution in [3.05, 3.63) is 17.0 Å². The lowest BCUT2D eigenvalue weighted by atomic mass is 9.93. The molecule has 3 unspecified atom stereocenters. The quantitative estimate of drug-likeness (QED) is 0.884. The number of nitrogens with zero attached hydrogens (tertiary/aromatic N) is 2. The first-order chi connectivity index (χ1) is 8.91. The van der Waals surface area contributed by atoms with Gasteiger partial charge in [-0.1, -0.05) is 5.16 Å². The Bertz CT molecular complexity index is 450. The van der Waals surface area contributed by atoms with Gasteiger partial charge < -0.3 is 15.2 Å². The Morgan fingerprint density at radius 1 is 1.53 bits per heavy atom. The number of carbonyl (C=O) groups excluding carboxylic acids is 1. The smallest absolute Gasteiger partial charge is 0.230 e. The van der Waals surface area contributed by atoms with Crippen molar-refractivity contribution in [1.82, 2.24) is 10.1 Å². The monoisotopic (exact) mass is 265 g/mol. The Balaban J connectivity index is 2.16. The molecule has 1 fully saturated rings. The molecule has 0 aliphatic carbocycles. The van der Waals surface area contributed by atoms with Crippen molar-refractivity contribution >= 4 is 5.91 Å². The van der Waals surface area contributed by atoms with Crippen molar-refractivity contribution in [2.45, 2.75) is 58.5 Å². The number of amides is 1. The molecule has 2 rings (SSSR count). The summed E-state index contributed by atoms with van der Waals surface area (Å²) in [5.41, 5.74) is 7.67. The molecular formula is C14H23N3O2. The summed E-state index contributed by atoms with van der Waals surface area (Å²) >= 11 is 0. The van der Waals surface area contributed by atoms with Crippen molar-refractivity contribution in [1.29, 1.82) is 0 Å². The van der Waals surface area contributed by atoms with E-state index in [9.17, 15) is 4.79 Å². The molecule has 0 radical (unpaired) electrons. The highest BCUT2D eigenvalue weighted by molar-refractivity contribution is 5.84. The Morgan fingerprint density at radius 2 is 2.21 bits per heavy atom. The van der Waals surface area contributed by atoms with Crippen molar-refractivity contribution in [3.8, 4) is 0 Å². The molecule has 2 N–H and O–H groups in total. The maximum Gasteiger partial charge on any atom is 0.230 e. The van der Waals surface area contributed by atoms with Crippen molar-refractivity contribution in [2.75, 3.05) is 6.54 Å². The molecule has 0 bridgehead atoms. The van der Waals surface area contributed by atoms with E-state index in [0.717, 1.165) is 36.4 Å². The van der Waals surface area contributed by atoms with Gasteiger partial charge in [-0.05, 0) is 40.5 Å². The number of rotatable bonds is 2. The Kier molecular flexibility index (Phi) is 3.94. The van der Waals surface area contributed by atoms with Gasteiger partial charge in [-0.25, -0.2) is 0 Å². The molecule has 1 aromatic heterocycles. The molecule has 0 saturated carbocycles. The fourth-order valence-electron chi connectivity index (χ4n) is 3.02. The van der Waals surface area contributed by atoms with Gasteiger partial charge in [0.2, 0.25) is 5.91 Å². The van der Waals surface area contributed by atoms with Crippen LogP contribution in [0.3, 0.4) is 0 Å². The molecule has 3 atom stereocenters. The van der Waals surface area contributed by atoms with Gasteiger partial charge in [0, 0.05) is 24.2 Å². The third-order valence-corrected chi connectivity index (χ3v) is 4.09. The van der Waals surface area contributed by atoms with Crippen LogP contribution in [0.25, 0.3) is 0 Å². The van der Waals surface area contributed by atoms with Crippen LogP contribution in [0.2, 0.25) is 0 Å². The largest absolute Gasteiger partial charge is 0.361 e. The Labute approximate surface area is 114 Å². The van der Waals surface area contributed by atoms with E-state index < -0.39 is 0 Å². The number of nitrogens with two attached hydrogens (primary N) is 1. The number of piperidine rings is 1. The van der Waals surface area contributed by atoms with Gasteiger partial charge in [-0.15, -0.1) is 0 Å². The van der Waals surface area contributed by atoms with Gasteiger partial charge >= 0.3 is 0 Å². The zero-order chi connectivity index (χ0) is 14.2. The molecule has 1 saturated heterocycles. The average Bonchev–Trinajstić information content (AvgIpc) is 2.67. The standard InChI is InChI=1S/C14H23N3O2/c1-8-7-12(15)5-6-17(8)14(18)9(2)13-10(3)16-19-11(13)4/h8-9,12H,5-7,15H2,1-4H3. The number of carbonyl (C=O) groups is 1. The average molecular weight is 265 g/mol. The second-order valence-corrected chi connectivity index (χ2v) is 5.62. The molecule has 1 aliphatic rings. The molecule has 0 spiro atoms. The Hall–Kier alpha value is -1.36. The van der Waals surface area contributed by atoms with E-state index in [-0.39, 0.29) is 23.9 Å². The summed E-state index contributed by atoms with van der Waals surface area (Å²) < 4.78 is 5.16. The van der Waals surface area contributed by atoms with E-state index >= 15 is 0 Å². The Morgan fingerprint density at radius 3 is 2.74 bits per heavy atom. The maximum absolute atomic E-state index is 12.6. The minimum Gasteiger partial charge on any atom is -0.361 e. The van der Waals surface area contributed by atoms with Crippen LogP contribution in [0.5, 0.6) is 0 Å². The highest BCUT2D eigenvalue weighted by Gasteiger charge is 2.32. The zero-order valence-corrected chi connectivity index (χ0v) is 12.1. The molecule has 5 heteroatoms. The van der Waals surface area contributed by atoms with Crippen LogP contribution in [0, 0.1) is 13.8 Å². The molecule has 2 heterocycles. The second-order valence-electron chi connectivity index (χ2n) is 5.62. The van der Waals surface area contributed by atoms with E-state index in [1.54, 1.807) is 0 Å². The number of aryl methyl sites for hydroxylation is 2. The van der Waals surface area contributed by atoms with Crippen LogP contribution in [0.1, 0.15) is 49.6 Å². The summed E-state index contributed by atoms with van der Waals surface area (Å²) in [4.78, 5) is 14.6.